The van der Waals surface area contributed by atoms with Crippen LogP contribution in [0.1, 0.15) is 37.8 Å². The van der Waals surface area contributed by atoms with Crippen LogP contribution in [-0.4, -0.2) is 36.5 Å². The van der Waals surface area contributed by atoms with E-state index in [4.69, 9.17) is 0 Å². The molecule has 0 radical (unpaired) electrons. The number of rotatable bonds is 9. The highest BCUT2D eigenvalue weighted by Crippen LogP contribution is 2.22. The van der Waals surface area contributed by atoms with Gasteiger partial charge in [-0.15, -0.1) is 0 Å². The number of carbonyl (C=O) groups excluding carboxylic acids is 1. The van der Waals surface area contributed by atoms with Crippen molar-refractivity contribution in [3.63, 3.8) is 0 Å². The Balaban J connectivity index is 2.12. The van der Waals surface area contributed by atoms with E-state index in [1.165, 1.54) is 12.1 Å². The molecule has 0 aromatic heterocycles. The molecule has 0 heterocycles. The van der Waals surface area contributed by atoms with Gasteiger partial charge >= 0.3 is 0 Å². The second kappa shape index (κ2) is 10.1. The summed E-state index contributed by atoms with van der Waals surface area (Å²) in [5.74, 6) is -0.635. The summed E-state index contributed by atoms with van der Waals surface area (Å²) in [6.07, 6.45) is 0.595. The summed E-state index contributed by atoms with van der Waals surface area (Å²) in [6, 6.07) is 16.5. The maximum atomic E-state index is 13.3. The van der Waals surface area contributed by atoms with Crippen molar-refractivity contribution >= 4 is 5.91 Å². The first-order valence-corrected chi connectivity index (χ1v) is 9.36. The van der Waals surface area contributed by atoms with E-state index in [0.29, 0.717) is 13.0 Å². The van der Waals surface area contributed by atoms with Crippen LogP contribution in [0.2, 0.25) is 0 Å². The molecule has 2 rings (SSSR count). The molecule has 2 aromatic carbocycles. The van der Waals surface area contributed by atoms with Crippen molar-refractivity contribution in [2.45, 2.75) is 39.2 Å². The van der Waals surface area contributed by atoms with E-state index in [-0.39, 0.29) is 23.7 Å². The summed E-state index contributed by atoms with van der Waals surface area (Å²) in [7, 11) is 0. The van der Waals surface area contributed by atoms with Crippen molar-refractivity contribution in [1.82, 2.24) is 10.2 Å². The van der Waals surface area contributed by atoms with Gasteiger partial charge in [0.1, 0.15) is 5.82 Å². The normalized spacial score (nSPS) is 13.4. The molecule has 2 atom stereocenters. The summed E-state index contributed by atoms with van der Waals surface area (Å²) in [5, 5.41) is 3.09. The Kier molecular flexibility index (Phi) is 7.79. The van der Waals surface area contributed by atoms with E-state index in [1.54, 1.807) is 12.1 Å². The fourth-order valence-electron chi connectivity index (χ4n) is 3.25. The third kappa shape index (κ3) is 5.67. The Hall–Kier alpha value is -2.20. The zero-order chi connectivity index (χ0) is 18.9. The van der Waals surface area contributed by atoms with Crippen LogP contribution in [0, 0.1) is 5.82 Å². The largest absolute Gasteiger partial charge is 0.354 e. The van der Waals surface area contributed by atoms with Crippen molar-refractivity contribution < 1.29 is 9.18 Å². The second-order valence-corrected chi connectivity index (χ2v) is 6.61. The van der Waals surface area contributed by atoms with Crippen LogP contribution in [0.4, 0.5) is 4.39 Å². The molecule has 0 aliphatic carbocycles. The van der Waals surface area contributed by atoms with E-state index in [9.17, 15) is 9.18 Å². The van der Waals surface area contributed by atoms with Gasteiger partial charge in [0.05, 0.1) is 5.92 Å². The zero-order valence-corrected chi connectivity index (χ0v) is 15.9. The van der Waals surface area contributed by atoms with E-state index < -0.39 is 0 Å². The monoisotopic (exact) mass is 356 g/mol. The maximum absolute atomic E-state index is 13.3. The molecule has 1 amide bonds. The molecule has 0 spiro atoms. The Morgan fingerprint density at radius 1 is 1.04 bits per heavy atom. The van der Waals surface area contributed by atoms with Crippen LogP contribution in [0.5, 0.6) is 0 Å². The van der Waals surface area contributed by atoms with Crippen LogP contribution in [0.15, 0.2) is 54.6 Å². The van der Waals surface area contributed by atoms with Gasteiger partial charge in [0.2, 0.25) is 5.91 Å². The summed E-state index contributed by atoms with van der Waals surface area (Å²) in [5.41, 5.74) is 1.93. The molecular formula is C22H29FN2O. The minimum atomic E-state index is -0.332. The molecule has 0 bridgehead atoms. The third-order valence-corrected chi connectivity index (χ3v) is 4.88. The highest BCUT2D eigenvalue weighted by Gasteiger charge is 2.22. The smallest absolute Gasteiger partial charge is 0.227 e. The van der Waals surface area contributed by atoms with Gasteiger partial charge in [-0.1, -0.05) is 56.3 Å². The van der Waals surface area contributed by atoms with Crippen molar-refractivity contribution in [2.24, 2.45) is 0 Å². The lowest BCUT2D eigenvalue weighted by atomic mass is 9.91. The minimum absolute atomic E-state index is 0.0144. The number of hydrogen-bond donors (Lipinski definition) is 1. The van der Waals surface area contributed by atoms with Crippen LogP contribution < -0.4 is 5.32 Å². The molecule has 0 aliphatic rings. The number of halogens is 1. The predicted octanol–water partition coefficient (Wildman–Crippen LogP) is 4.00. The first kappa shape index (κ1) is 20.1. The summed E-state index contributed by atoms with van der Waals surface area (Å²) >= 11 is 0. The molecule has 3 nitrogen and oxygen atoms in total. The van der Waals surface area contributed by atoms with Gasteiger partial charge in [0, 0.05) is 12.6 Å². The van der Waals surface area contributed by atoms with E-state index in [1.807, 2.05) is 30.3 Å². The number of nitrogens with one attached hydrogen (secondary N) is 1. The summed E-state index contributed by atoms with van der Waals surface area (Å²) in [4.78, 5) is 15.2. The van der Waals surface area contributed by atoms with Crippen molar-refractivity contribution in [1.29, 1.82) is 0 Å². The highest BCUT2D eigenvalue weighted by molar-refractivity contribution is 5.84. The molecule has 2 unspecified atom stereocenters. The Labute approximate surface area is 156 Å². The Morgan fingerprint density at radius 2 is 1.65 bits per heavy atom. The van der Waals surface area contributed by atoms with Gasteiger partial charge < -0.3 is 5.32 Å². The number of benzene rings is 2. The highest BCUT2D eigenvalue weighted by atomic mass is 19.1. The molecular weight excluding hydrogens is 327 g/mol. The third-order valence-electron chi connectivity index (χ3n) is 4.88. The fourth-order valence-corrected chi connectivity index (χ4v) is 3.25. The lowest BCUT2D eigenvalue weighted by Gasteiger charge is -2.27. The van der Waals surface area contributed by atoms with Gasteiger partial charge in [0.25, 0.3) is 0 Å². The summed E-state index contributed by atoms with van der Waals surface area (Å²) < 4.78 is 13.3. The van der Waals surface area contributed by atoms with E-state index in [0.717, 1.165) is 24.2 Å². The van der Waals surface area contributed by atoms with Crippen molar-refractivity contribution in [2.75, 3.05) is 19.6 Å². The van der Waals surface area contributed by atoms with Crippen LogP contribution in [-0.2, 0) is 11.2 Å². The van der Waals surface area contributed by atoms with Crippen molar-refractivity contribution in [3.05, 3.63) is 71.5 Å². The molecule has 0 fully saturated rings. The van der Waals surface area contributed by atoms with Gasteiger partial charge in [-0.3, -0.25) is 9.69 Å². The second-order valence-electron chi connectivity index (χ2n) is 6.61. The SMILES string of the molecule is CCN(CC)C(C)CNC(=O)C(Cc1ccccc1)c1ccc(F)cc1. The molecule has 0 aliphatic heterocycles. The molecule has 0 saturated heterocycles. The summed E-state index contributed by atoms with van der Waals surface area (Å²) in [6.45, 7) is 8.89. The van der Waals surface area contributed by atoms with Gasteiger partial charge in [-0.25, -0.2) is 4.39 Å². The lowest BCUT2D eigenvalue weighted by Crippen LogP contribution is -2.43. The molecule has 2 aromatic rings. The quantitative estimate of drug-likeness (QED) is 0.737. The first-order chi connectivity index (χ1) is 12.5. The van der Waals surface area contributed by atoms with Crippen LogP contribution >= 0.6 is 0 Å². The first-order valence-electron chi connectivity index (χ1n) is 9.36. The Morgan fingerprint density at radius 3 is 2.23 bits per heavy atom. The number of carbonyl (C=O) groups is 1. The van der Waals surface area contributed by atoms with Gasteiger partial charge in [0.15, 0.2) is 0 Å². The van der Waals surface area contributed by atoms with Crippen LogP contribution in [0.3, 0.4) is 0 Å². The van der Waals surface area contributed by atoms with Crippen LogP contribution in [0.25, 0.3) is 0 Å². The van der Waals surface area contributed by atoms with E-state index in [2.05, 4.69) is 31.0 Å². The number of nitrogens with zero attached hydrogens (tertiary/aromatic N) is 1. The van der Waals surface area contributed by atoms with Crippen molar-refractivity contribution in [3.8, 4) is 0 Å². The average Bonchev–Trinajstić information content (AvgIpc) is 2.67. The van der Waals surface area contributed by atoms with Gasteiger partial charge in [-0.2, -0.15) is 0 Å². The van der Waals surface area contributed by atoms with E-state index >= 15 is 0 Å². The molecule has 26 heavy (non-hydrogen) atoms. The Bertz CT molecular complexity index is 668. The van der Waals surface area contributed by atoms with Gasteiger partial charge in [-0.05, 0) is 49.7 Å². The fraction of sp³-hybridized carbons (Fsp3) is 0.409. The lowest BCUT2D eigenvalue weighted by molar-refractivity contribution is -0.122. The molecule has 1 N–H and O–H groups in total. The zero-order valence-electron chi connectivity index (χ0n) is 15.9. The number of amides is 1. The standard InChI is InChI=1S/C22H29FN2O/c1-4-25(5-2)17(3)16-24-22(26)21(15-18-9-7-6-8-10-18)19-11-13-20(23)14-12-19/h6-14,17,21H,4-5,15-16H2,1-3H3,(H,24,26). The molecule has 4 heteroatoms. The molecule has 0 saturated carbocycles. The topological polar surface area (TPSA) is 32.3 Å². The number of hydrogen-bond acceptors (Lipinski definition) is 2. The maximum Gasteiger partial charge on any atom is 0.227 e. The minimum Gasteiger partial charge on any atom is -0.354 e. The average molecular weight is 356 g/mol. The predicted molar refractivity (Wildman–Crippen MR) is 105 cm³/mol. The molecule has 140 valence electrons. The number of likely N-dealkylation sites (N-methyl/N-ethyl adjacent to an activating group) is 1.